The Labute approximate surface area is 127 Å². The van der Waals surface area contributed by atoms with Crippen molar-refractivity contribution in [3.05, 3.63) is 28.3 Å². The van der Waals surface area contributed by atoms with Gasteiger partial charge in [-0.3, -0.25) is 4.90 Å². The average Bonchev–Trinajstić information content (AvgIpc) is 3.21. The average molecular weight is 306 g/mol. The molecule has 0 saturated carbocycles. The van der Waals surface area contributed by atoms with Crippen molar-refractivity contribution < 1.29 is 9.26 Å². The molecule has 2 aliphatic rings. The molecule has 6 nitrogen and oxygen atoms in total. The molecule has 0 amide bonds. The minimum Gasteiger partial charge on any atom is -0.363 e. The fourth-order valence-corrected chi connectivity index (χ4v) is 3.98. The lowest BCUT2D eigenvalue weighted by Gasteiger charge is -2.34. The maximum atomic E-state index is 6.20. The van der Waals surface area contributed by atoms with Gasteiger partial charge in [-0.1, -0.05) is 5.16 Å². The molecular weight excluding hydrogens is 288 g/mol. The van der Waals surface area contributed by atoms with Crippen LogP contribution in [0.3, 0.4) is 0 Å². The standard InChI is InChI=1S/C14H18N4O2S/c1-9-16-14(20-17-9)12-3-2-10-11(19-12)4-6-18(10)8-13-15-5-7-21-13/h5,7,10-12H,2-4,6,8H2,1H3/t10-,11-,12-/m0/s1. The largest absolute Gasteiger partial charge is 0.363 e. The molecule has 0 spiro atoms. The molecule has 0 aromatic carbocycles. The Morgan fingerprint density at radius 2 is 2.33 bits per heavy atom. The summed E-state index contributed by atoms with van der Waals surface area (Å²) in [5, 5.41) is 7.08. The lowest BCUT2D eigenvalue weighted by molar-refractivity contribution is -0.0831. The van der Waals surface area contributed by atoms with E-state index in [1.54, 1.807) is 11.3 Å². The lowest BCUT2D eigenvalue weighted by atomic mass is 9.99. The van der Waals surface area contributed by atoms with Crippen LogP contribution in [0.1, 0.15) is 42.1 Å². The first-order chi connectivity index (χ1) is 10.3. The minimum atomic E-state index is -0.0349. The first kappa shape index (κ1) is 13.4. The Morgan fingerprint density at radius 1 is 1.38 bits per heavy atom. The molecule has 0 radical (unpaired) electrons. The Morgan fingerprint density at radius 3 is 3.10 bits per heavy atom. The Balaban J connectivity index is 1.42. The predicted octanol–water partition coefficient (Wildman–Crippen LogP) is 2.33. The van der Waals surface area contributed by atoms with Gasteiger partial charge in [0.2, 0.25) is 0 Å². The zero-order chi connectivity index (χ0) is 14.2. The summed E-state index contributed by atoms with van der Waals surface area (Å²) in [6, 6.07) is 0.495. The van der Waals surface area contributed by atoms with E-state index < -0.39 is 0 Å². The van der Waals surface area contributed by atoms with Crippen molar-refractivity contribution in [2.75, 3.05) is 6.54 Å². The topological polar surface area (TPSA) is 64.3 Å². The Hall–Kier alpha value is -1.31. The summed E-state index contributed by atoms with van der Waals surface area (Å²) in [6.45, 7) is 3.85. The van der Waals surface area contributed by atoms with Crippen LogP contribution in [0.4, 0.5) is 0 Å². The molecular formula is C14H18N4O2S. The molecule has 2 saturated heterocycles. The summed E-state index contributed by atoms with van der Waals surface area (Å²) in [6.07, 6.45) is 5.24. The van der Waals surface area contributed by atoms with Crippen LogP contribution in [0.15, 0.2) is 16.1 Å². The number of aromatic nitrogens is 3. The molecule has 2 aromatic heterocycles. The third-order valence-corrected chi connectivity index (χ3v) is 5.07. The highest BCUT2D eigenvalue weighted by molar-refractivity contribution is 7.09. The molecule has 0 bridgehead atoms. The van der Waals surface area contributed by atoms with Crippen LogP contribution < -0.4 is 0 Å². The molecule has 3 atom stereocenters. The van der Waals surface area contributed by atoms with Crippen molar-refractivity contribution in [3.63, 3.8) is 0 Å². The Kier molecular flexibility index (Phi) is 3.48. The van der Waals surface area contributed by atoms with Crippen molar-refractivity contribution in [2.45, 2.75) is 51.0 Å². The van der Waals surface area contributed by atoms with Crippen LogP contribution >= 0.6 is 11.3 Å². The van der Waals surface area contributed by atoms with Crippen molar-refractivity contribution in [1.29, 1.82) is 0 Å². The number of likely N-dealkylation sites (tertiary alicyclic amines) is 1. The monoisotopic (exact) mass is 306 g/mol. The number of rotatable bonds is 3. The van der Waals surface area contributed by atoms with Crippen LogP contribution in [0.5, 0.6) is 0 Å². The quantitative estimate of drug-likeness (QED) is 0.867. The molecule has 112 valence electrons. The van der Waals surface area contributed by atoms with Crippen LogP contribution in [-0.2, 0) is 11.3 Å². The maximum absolute atomic E-state index is 6.20. The second-order valence-electron chi connectivity index (χ2n) is 5.67. The molecule has 2 fully saturated rings. The van der Waals surface area contributed by atoms with E-state index >= 15 is 0 Å². The fraction of sp³-hybridized carbons (Fsp3) is 0.643. The molecule has 0 aliphatic carbocycles. The molecule has 0 N–H and O–H groups in total. The summed E-state index contributed by atoms with van der Waals surface area (Å²) >= 11 is 1.72. The number of aryl methyl sites for hydroxylation is 1. The van der Waals surface area contributed by atoms with E-state index in [-0.39, 0.29) is 12.2 Å². The number of hydrogen-bond acceptors (Lipinski definition) is 7. The third-order valence-electron chi connectivity index (χ3n) is 4.30. The first-order valence-electron chi connectivity index (χ1n) is 7.37. The van der Waals surface area contributed by atoms with E-state index in [1.807, 2.05) is 18.5 Å². The van der Waals surface area contributed by atoms with Crippen LogP contribution in [0.25, 0.3) is 0 Å². The number of ether oxygens (including phenoxy) is 1. The zero-order valence-corrected chi connectivity index (χ0v) is 12.8. The van der Waals surface area contributed by atoms with Gasteiger partial charge in [-0.05, 0) is 26.2 Å². The van der Waals surface area contributed by atoms with Gasteiger partial charge in [0, 0.05) is 24.2 Å². The van der Waals surface area contributed by atoms with Gasteiger partial charge in [-0.25, -0.2) is 4.98 Å². The van der Waals surface area contributed by atoms with Gasteiger partial charge in [0.1, 0.15) is 11.1 Å². The summed E-state index contributed by atoms with van der Waals surface area (Å²) < 4.78 is 11.5. The van der Waals surface area contributed by atoms with Gasteiger partial charge in [-0.15, -0.1) is 11.3 Å². The number of fused-ring (bicyclic) bond motifs is 1. The zero-order valence-electron chi connectivity index (χ0n) is 11.9. The van der Waals surface area contributed by atoms with Crippen LogP contribution in [-0.4, -0.2) is 38.7 Å². The summed E-state index contributed by atoms with van der Waals surface area (Å²) in [5.74, 6) is 1.30. The SMILES string of the molecule is Cc1noc([C@@H]2CC[C@H]3[C@H](CCN3Cc3nccs3)O2)n1. The summed E-state index contributed by atoms with van der Waals surface area (Å²) in [7, 11) is 0. The van der Waals surface area contributed by atoms with Gasteiger partial charge in [0.25, 0.3) is 5.89 Å². The highest BCUT2D eigenvalue weighted by atomic mass is 32.1. The van der Waals surface area contributed by atoms with E-state index in [1.165, 1.54) is 5.01 Å². The van der Waals surface area contributed by atoms with Crippen molar-refractivity contribution in [3.8, 4) is 0 Å². The summed E-state index contributed by atoms with van der Waals surface area (Å²) in [5.41, 5.74) is 0. The van der Waals surface area contributed by atoms with Gasteiger partial charge >= 0.3 is 0 Å². The molecule has 2 aliphatic heterocycles. The number of hydrogen-bond donors (Lipinski definition) is 0. The maximum Gasteiger partial charge on any atom is 0.255 e. The number of thiazole rings is 1. The van der Waals surface area contributed by atoms with Crippen molar-refractivity contribution >= 4 is 11.3 Å². The normalized spacial score (nSPS) is 29.7. The second kappa shape index (κ2) is 5.47. The summed E-state index contributed by atoms with van der Waals surface area (Å²) in [4.78, 5) is 11.2. The highest BCUT2D eigenvalue weighted by Gasteiger charge is 2.41. The van der Waals surface area contributed by atoms with E-state index in [9.17, 15) is 0 Å². The molecule has 2 aromatic rings. The molecule has 4 heterocycles. The smallest absolute Gasteiger partial charge is 0.255 e. The van der Waals surface area contributed by atoms with E-state index in [0.717, 1.165) is 32.4 Å². The van der Waals surface area contributed by atoms with Gasteiger partial charge in [-0.2, -0.15) is 4.98 Å². The van der Waals surface area contributed by atoms with Gasteiger partial charge in [0.05, 0.1) is 12.6 Å². The van der Waals surface area contributed by atoms with E-state index in [0.29, 0.717) is 17.8 Å². The molecule has 7 heteroatoms. The van der Waals surface area contributed by atoms with Crippen molar-refractivity contribution in [1.82, 2.24) is 20.0 Å². The highest BCUT2D eigenvalue weighted by Crippen LogP contribution is 2.38. The third kappa shape index (κ3) is 2.61. The molecule has 21 heavy (non-hydrogen) atoms. The molecule has 0 unspecified atom stereocenters. The number of nitrogens with zero attached hydrogens (tertiary/aromatic N) is 4. The van der Waals surface area contributed by atoms with E-state index in [4.69, 9.17) is 9.26 Å². The van der Waals surface area contributed by atoms with Gasteiger partial charge < -0.3 is 9.26 Å². The fourth-order valence-electron chi connectivity index (χ4n) is 3.34. The lowest BCUT2D eigenvalue weighted by Crippen LogP contribution is -2.40. The first-order valence-corrected chi connectivity index (χ1v) is 8.25. The Bertz CT molecular complexity index is 600. The van der Waals surface area contributed by atoms with Crippen LogP contribution in [0, 0.1) is 6.92 Å². The van der Waals surface area contributed by atoms with Crippen molar-refractivity contribution in [2.24, 2.45) is 0 Å². The molecule has 4 rings (SSSR count). The minimum absolute atomic E-state index is 0.0349. The second-order valence-corrected chi connectivity index (χ2v) is 6.65. The van der Waals surface area contributed by atoms with Crippen LogP contribution in [0.2, 0.25) is 0 Å². The van der Waals surface area contributed by atoms with E-state index in [2.05, 4.69) is 20.0 Å². The van der Waals surface area contributed by atoms with Gasteiger partial charge in [0.15, 0.2) is 5.82 Å². The predicted molar refractivity (Wildman–Crippen MR) is 76.8 cm³/mol.